The maximum Gasteiger partial charge on any atom is 0.334 e. The van der Waals surface area contributed by atoms with Gasteiger partial charge >= 0.3 is 5.97 Å². The van der Waals surface area contributed by atoms with Crippen molar-refractivity contribution in [2.75, 3.05) is 0 Å². The SMILES string of the molecule is C=C1C(=O)O[C@@H]2[C@@H]3[C@@](C)(CC[C@@H]12)[C@H](O)CC[C@]3(C)O. The third kappa shape index (κ3) is 1.62. The smallest absolute Gasteiger partial charge is 0.334 e. The molecule has 4 heteroatoms. The molecule has 0 aromatic rings. The maximum atomic E-state index is 11.7. The number of aliphatic hydroxyl groups is 2. The van der Waals surface area contributed by atoms with E-state index in [-0.39, 0.29) is 29.3 Å². The molecule has 0 aromatic carbocycles. The third-order valence-electron chi connectivity index (χ3n) is 5.74. The molecular weight excluding hydrogens is 244 g/mol. The number of carbonyl (C=O) groups is 1. The fourth-order valence-corrected chi connectivity index (χ4v) is 4.62. The molecule has 0 spiro atoms. The Morgan fingerprint density at radius 2 is 2.00 bits per heavy atom. The predicted molar refractivity (Wildman–Crippen MR) is 69.2 cm³/mol. The molecule has 0 unspecified atom stereocenters. The highest BCUT2D eigenvalue weighted by Gasteiger charge is 2.62. The van der Waals surface area contributed by atoms with Crippen LogP contribution in [-0.2, 0) is 9.53 Å². The van der Waals surface area contributed by atoms with Gasteiger partial charge in [0.1, 0.15) is 6.10 Å². The van der Waals surface area contributed by atoms with Crippen molar-refractivity contribution in [3.05, 3.63) is 12.2 Å². The second kappa shape index (κ2) is 3.83. The largest absolute Gasteiger partial charge is 0.458 e. The maximum absolute atomic E-state index is 11.7. The van der Waals surface area contributed by atoms with Gasteiger partial charge in [-0.2, -0.15) is 0 Å². The number of aliphatic hydroxyl groups excluding tert-OH is 1. The summed E-state index contributed by atoms with van der Waals surface area (Å²) < 4.78 is 5.49. The first-order chi connectivity index (χ1) is 8.77. The van der Waals surface area contributed by atoms with Gasteiger partial charge in [-0.25, -0.2) is 4.79 Å². The van der Waals surface area contributed by atoms with Gasteiger partial charge in [-0.3, -0.25) is 0 Å². The molecule has 1 saturated heterocycles. The monoisotopic (exact) mass is 266 g/mol. The molecule has 3 fully saturated rings. The molecular formula is C15H22O4. The Morgan fingerprint density at radius 3 is 2.68 bits per heavy atom. The van der Waals surface area contributed by atoms with Gasteiger partial charge in [-0.05, 0) is 32.6 Å². The van der Waals surface area contributed by atoms with E-state index in [0.717, 1.165) is 12.8 Å². The summed E-state index contributed by atoms with van der Waals surface area (Å²) in [6.45, 7) is 7.65. The molecule has 4 nitrogen and oxygen atoms in total. The quantitative estimate of drug-likeness (QED) is 0.514. The standard InChI is InChI=1S/C15H22O4/c1-8-9-4-6-14(2)10(16)5-7-15(3,18)12(14)11(9)19-13(8)17/h9-12,16,18H,1,4-7H2,2-3H3/t9-,10+,11-,12+,14-,15-/m0/s1. The zero-order valence-electron chi connectivity index (χ0n) is 11.6. The minimum Gasteiger partial charge on any atom is -0.458 e. The number of ether oxygens (including phenoxy) is 1. The summed E-state index contributed by atoms with van der Waals surface area (Å²) in [4.78, 5) is 11.7. The van der Waals surface area contributed by atoms with Crippen molar-refractivity contribution in [3.8, 4) is 0 Å². The van der Waals surface area contributed by atoms with Crippen molar-refractivity contribution in [3.63, 3.8) is 0 Å². The van der Waals surface area contributed by atoms with Crippen LogP contribution in [0.5, 0.6) is 0 Å². The highest BCUT2D eigenvalue weighted by Crippen LogP contribution is 2.58. The fraction of sp³-hybridized carbons (Fsp3) is 0.800. The van der Waals surface area contributed by atoms with E-state index < -0.39 is 11.7 Å². The third-order valence-corrected chi connectivity index (χ3v) is 5.74. The van der Waals surface area contributed by atoms with Crippen LogP contribution < -0.4 is 0 Å². The molecule has 2 saturated carbocycles. The number of rotatable bonds is 0. The van der Waals surface area contributed by atoms with Crippen molar-refractivity contribution in [1.29, 1.82) is 0 Å². The van der Waals surface area contributed by atoms with Gasteiger partial charge < -0.3 is 14.9 Å². The van der Waals surface area contributed by atoms with E-state index in [2.05, 4.69) is 6.58 Å². The van der Waals surface area contributed by atoms with Gasteiger partial charge in [0.2, 0.25) is 0 Å². The lowest BCUT2D eigenvalue weighted by atomic mass is 9.51. The van der Waals surface area contributed by atoms with E-state index in [0.29, 0.717) is 18.4 Å². The molecule has 3 aliphatic rings. The molecule has 1 heterocycles. The Bertz CT molecular complexity index is 441. The topological polar surface area (TPSA) is 66.8 Å². The average Bonchev–Trinajstić information content (AvgIpc) is 2.60. The minimum atomic E-state index is -0.901. The van der Waals surface area contributed by atoms with Gasteiger partial charge in [-0.15, -0.1) is 0 Å². The number of hydrogen-bond acceptors (Lipinski definition) is 4. The van der Waals surface area contributed by atoms with Gasteiger partial charge in [0.05, 0.1) is 11.7 Å². The van der Waals surface area contributed by atoms with Crippen LogP contribution in [0.2, 0.25) is 0 Å². The Kier molecular flexibility index (Phi) is 2.64. The molecule has 0 radical (unpaired) electrons. The normalized spacial score (nSPS) is 53.5. The summed E-state index contributed by atoms with van der Waals surface area (Å²) in [5.41, 5.74) is -0.751. The van der Waals surface area contributed by atoms with Crippen molar-refractivity contribution < 1.29 is 19.7 Å². The molecule has 0 aromatic heterocycles. The molecule has 19 heavy (non-hydrogen) atoms. The Morgan fingerprint density at radius 1 is 1.32 bits per heavy atom. The molecule has 2 N–H and O–H groups in total. The molecule has 0 amide bonds. The van der Waals surface area contributed by atoms with E-state index in [9.17, 15) is 15.0 Å². The first kappa shape index (κ1) is 13.1. The van der Waals surface area contributed by atoms with Crippen LogP contribution in [0, 0.1) is 17.3 Å². The summed E-state index contributed by atoms with van der Waals surface area (Å²) in [6, 6.07) is 0. The minimum absolute atomic E-state index is 0.00218. The summed E-state index contributed by atoms with van der Waals surface area (Å²) in [5, 5.41) is 21.1. The number of fused-ring (bicyclic) bond motifs is 3. The van der Waals surface area contributed by atoms with Crippen molar-refractivity contribution in [1.82, 2.24) is 0 Å². The first-order valence-corrected chi connectivity index (χ1v) is 7.07. The van der Waals surface area contributed by atoms with Crippen LogP contribution in [-0.4, -0.2) is 34.0 Å². The lowest BCUT2D eigenvalue weighted by Crippen LogP contribution is -2.62. The second-order valence-electron chi connectivity index (χ2n) is 6.94. The van der Waals surface area contributed by atoms with E-state index in [1.165, 1.54) is 0 Å². The Balaban J connectivity index is 2.03. The Labute approximate surface area is 113 Å². The van der Waals surface area contributed by atoms with Crippen LogP contribution >= 0.6 is 0 Å². The molecule has 6 atom stereocenters. The lowest BCUT2D eigenvalue weighted by molar-refractivity contribution is -0.211. The van der Waals surface area contributed by atoms with Crippen LogP contribution in [0.1, 0.15) is 39.5 Å². The molecule has 1 aliphatic heterocycles. The molecule has 0 bridgehead atoms. The van der Waals surface area contributed by atoms with Gasteiger partial charge in [0, 0.05) is 22.8 Å². The summed E-state index contributed by atoms with van der Waals surface area (Å²) in [5.74, 6) is -0.553. The molecule has 2 aliphatic carbocycles. The zero-order valence-corrected chi connectivity index (χ0v) is 11.6. The fourth-order valence-electron chi connectivity index (χ4n) is 4.62. The van der Waals surface area contributed by atoms with Crippen molar-refractivity contribution >= 4 is 5.97 Å². The van der Waals surface area contributed by atoms with Gasteiger partial charge in [-0.1, -0.05) is 13.5 Å². The highest BCUT2D eigenvalue weighted by atomic mass is 16.6. The highest BCUT2D eigenvalue weighted by molar-refractivity contribution is 5.90. The molecule has 106 valence electrons. The molecule has 3 rings (SSSR count). The zero-order chi connectivity index (χ0) is 14.0. The predicted octanol–water partition coefficient (Wildman–Crippen LogP) is 1.41. The van der Waals surface area contributed by atoms with E-state index in [1.54, 1.807) is 6.92 Å². The van der Waals surface area contributed by atoms with Gasteiger partial charge in [0.25, 0.3) is 0 Å². The number of esters is 1. The van der Waals surface area contributed by atoms with Crippen LogP contribution in [0.4, 0.5) is 0 Å². The van der Waals surface area contributed by atoms with Crippen molar-refractivity contribution in [2.45, 2.75) is 57.3 Å². The van der Waals surface area contributed by atoms with E-state index in [4.69, 9.17) is 4.74 Å². The first-order valence-electron chi connectivity index (χ1n) is 7.07. The number of hydrogen-bond donors (Lipinski definition) is 2. The second-order valence-corrected chi connectivity index (χ2v) is 6.94. The van der Waals surface area contributed by atoms with Crippen LogP contribution in [0.3, 0.4) is 0 Å². The lowest BCUT2D eigenvalue weighted by Gasteiger charge is -2.57. The van der Waals surface area contributed by atoms with E-state index in [1.807, 2.05) is 6.92 Å². The Hall–Kier alpha value is -0.870. The van der Waals surface area contributed by atoms with Crippen LogP contribution in [0.25, 0.3) is 0 Å². The van der Waals surface area contributed by atoms with E-state index >= 15 is 0 Å². The van der Waals surface area contributed by atoms with Crippen molar-refractivity contribution in [2.24, 2.45) is 17.3 Å². The summed E-state index contributed by atoms with van der Waals surface area (Å²) >= 11 is 0. The van der Waals surface area contributed by atoms with Gasteiger partial charge in [0.15, 0.2) is 0 Å². The summed E-state index contributed by atoms with van der Waals surface area (Å²) in [7, 11) is 0. The number of carbonyl (C=O) groups excluding carboxylic acids is 1. The summed E-state index contributed by atoms with van der Waals surface area (Å²) in [6.07, 6.45) is 1.98. The average molecular weight is 266 g/mol. The van der Waals surface area contributed by atoms with Crippen LogP contribution in [0.15, 0.2) is 12.2 Å².